The normalized spacial score (nSPS) is 33.5. The fourth-order valence-electron chi connectivity index (χ4n) is 2.01. The summed E-state index contributed by atoms with van der Waals surface area (Å²) in [6, 6.07) is 0.741. The average molecular weight is 198 g/mol. The van der Waals surface area contributed by atoms with E-state index in [4.69, 9.17) is 4.74 Å². The first-order chi connectivity index (χ1) is 6.75. The van der Waals surface area contributed by atoms with Gasteiger partial charge in [0.15, 0.2) is 0 Å². The summed E-state index contributed by atoms with van der Waals surface area (Å²) >= 11 is 0. The lowest BCUT2D eigenvalue weighted by Crippen LogP contribution is -2.52. The molecule has 2 heterocycles. The van der Waals surface area contributed by atoms with Crippen LogP contribution in [0, 0.1) is 5.92 Å². The molecule has 80 valence electrons. The van der Waals surface area contributed by atoms with E-state index in [1.807, 2.05) is 0 Å². The SMILES string of the molecule is CC1CC(C(=O)NC2COC2)CCN1. The quantitative estimate of drug-likeness (QED) is 0.651. The van der Waals surface area contributed by atoms with Crippen molar-refractivity contribution in [3.8, 4) is 0 Å². The molecule has 0 aromatic rings. The Balaban J connectivity index is 1.77. The number of amides is 1. The van der Waals surface area contributed by atoms with Crippen LogP contribution < -0.4 is 10.6 Å². The van der Waals surface area contributed by atoms with Crippen LogP contribution in [-0.2, 0) is 9.53 Å². The minimum Gasteiger partial charge on any atom is -0.377 e. The van der Waals surface area contributed by atoms with Crippen molar-refractivity contribution in [3.05, 3.63) is 0 Å². The molecule has 2 unspecified atom stereocenters. The van der Waals surface area contributed by atoms with E-state index >= 15 is 0 Å². The van der Waals surface area contributed by atoms with Gasteiger partial charge in [0.1, 0.15) is 0 Å². The number of hydrogen-bond donors (Lipinski definition) is 2. The van der Waals surface area contributed by atoms with Gasteiger partial charge in [0, 0.05) is 12.0 Å². The van der Waals surface area contributed by atoms with Crippen molar-refractivity contribution in [1.82, 2.24) is 10.6 Å². The summed E-state index contributed by atoms with van der Waals surface area (Å²) in [7, 11) is 0. The third kappa shape index (κ3) is 2.25. The van der Waals surface area contributed by atoms with Gasteiger partial charge in [0.25, 0.3) is 0 Å². The topological polar surface area (TPSA) is 50.4 Å². The molecule has 2 N–H and O–H groups in total. The van der Waals surface area contributed by atoms with E-state index in [2.05, 4.69) is 17.6 Å². The van der Waals surface area contributed by atoms with Crippen LogP contribution in [0.15, 0.2) is 0 Å². The Morgan fingerprint density at radius 3 is 2.86 bits per heavy atom. The van der Waals surface area contributed by atoms with E-state index in [0.717, 1.165) is 19.4 Å². The Morgan fingerprint density at radius 1 is 1.50 bits per heavy atom. The van der Waals surface area contributed by atoms with Crippen LogP contribution in [0.3, 0.4) is 0 Å². The molecule has 2 fully saturated rings. The molecule has 4 nitrogen and oxygen atoms in total. The molecule has 0 bridgehead atoms. The van der Waals surface area contributed by atoms with Gasteiger partial charge >= 0.3 is 0 Å². The first kappa shape index (κ1) is 9.93. The molecule has 0 aromatic carbocycles. The summed E-state index contributed by atoms with van der Waals surface area (Å²) in [5, 5.41) is 6.36. The molecule has 2 rings (SSSR count). The van der Waals surface area contributed by atoms with Gasteiger partial charge in [-0.05, 0) is 26.3 Å². The van der Waals surface area contributed by atoms with Crippen LogP contribution in [0.5, 0.6) is 0 Å². The van der Waals surface area contributed by atoms with Gasteiger partial charge in [-0.15, -0.1) is 0 Å². The molecule has 2 atom stereocenters. The zero-order chi connectivity index (χ0) is 9.97. The number of rotatable bonds is 2. The van der Waals surface area contributed by atoms with E-state index in [1.54, 1.807) is 0 Å². The lowest BCUT2D eigenvalue weighted by Gasteiger charge is -2.31. The predicted octanol–water partition coefficient (Wildman–Crippen LogP) is -0.110. The summed E-state index contributed by atoms with van der Waals surface area (Å²) in [4.78, 5) is 11.8. The maximum atomic E-state index is 11.8. The van der Waals surface area contributed by atoms with Crippen LogP contribution in [0.4, 0.5) is 0 Å². The van der Waals surface area contributed by atoms with E-state index < -0.39 is 0 Å². The fraction of sp³-hybridized carbons (Fsp3) is 0.900. The lowest BCUT2D eigenvalue weighted by atomic mass is 9.92. The summed E-state index contributed by atoms with van der Waals surface area (Å²) in [5.74, 6) is 0.415. The standard InChI is InChI=1S/C10H18N2O2/c1-7-4-8(2-3-11-7)10(13)12-9-5-14-6-9/h7-9,11H,2-6H2,1H3,(H,12,13). The number of ether oxygens (including phenoxy) is 1. The van der Waals surface area contributed by atoms with Crippen molar-refractivity contribution in [1.29, 1.82) is 0 Å². The summed E-state index contributed by atoms with van der Waals surface area (Å²) in [6.45, 7) is 4.46. The maximum absolute atomic E-state index is 11.8. The molecule has 1 amide bonds. The minimum atomic E-state index is 0.201. The molecule has 2 saturated heterocycles. The Labute approximate surface area is 84.4 Å². The minimum absolute atomic E-state index is 0.201. The van der Waals surface area contributed by atoms with Crippen molar-refractivity contribution in [2.75, 3.05) is 19.8 Å². The maximum Gasteiger partial charge on any atom is 0.223 e. The molecular formula is C10H18N2O2. The molecule has 0 spiro atoms. The van der Waals surface area contributed by atoms with Crippen molar-refractivity contribution < 1.29 is 9.53 Å². The Kier molecular flexibility index (Phi) is 3.03. The zero-order valence-corrected chi connectivity index (χ0v) is 8.58. The molecule has 4 heteroatoms. The van der Waals surface area contributed by atoms with Crippen molar-refractivity contribution >= 4 is 5.91 Å². The lowest BCUT2D eigenvalue weighted by molar-refractivity contribution is -0.130. The van der Waals surface area contributed by atoms with Crippen molar-refractivity contribution in [2.24, 2.45) is 5.92 Å². The van der Waals surface area contributed by atoms with Gasteiger partial charge in [0.2, 0.25) is 5.91 Å². The van der Waals surface area contributed by atoms with Crippen molar-refractivity contribution in [2.45, 2.75) is 31.8 Å². The third-order valence-corrected chi connectivity index (χ3v) is 2.98. The Hall–Kier alpha value is -0.610. The monoisotopic (exact) mass is 198 g/mol. The number of piperidine rings is 1. The number of carbonyl (C=O) groups excluding carboxylic acids is 1. The van der Waals surface area contributed by atoms with Crippen LogP contribution in [-0.4, -0.2) is 37.7 Å². The highest BCUT2D eigenvalue weighted by Crippen LogP contribution is 2.16. The van der Waals surface area contributed by atoms with Crippen LogP contribution >= 0.6 is 0 Å². The van der Waals surface area contributed by atoms with Crippen molar-refractivity contribution in [3.63, 3.8) is 0 Å². The smallest absolute Gasteiger partial charge is 0.223 e. The van der Waals surface area contributed by atoms with E-state index in [0.29, 0.717) is 19.3 Å². The molecule has 2 aliphatic rings. The van der Waals surface area contributed by atoms with Gasteiger partial charge in [-0.2, -0.15) is 0 Å². The second-order valence-corrected chi connectivity index (χ2v) is 4.32. The van der Waals surface area contributed by atoms with E-state index in [-0.39, 0.29) is 17.9 Å². The van der Waals surface area contributed by atoms with Gasteiger partial charge in [0.05, 0.1) is 19.3 Å². The molecule has 0 radical (unpaired) electrons. The molecule has 0 aliphatic carbocycles. The fourth-order valence-corrected chi connectivity index (χ4v) is 2.01. The number of hydrogen-bond acceptors (Lipinski definition) is 3. The van der Waals surface area contributed by atoms with Gasteiger partial charge in [-0.1, -0.05) is 0 Å². The van der Waals surface area contributed by atoms with E-state index in [9.17, 15) is 4.79 Å². The summed E-state index contributed by atoms with van der Waals surface area (Å²) in [6.07, 6.45) is 1.92. The number of nitrogens with one attached hydrogen (secondary N) is 2. The molecule has 0 aromatic heterocycles. The highest BCUT2D eigenvalue weighted by atomic mass is 16.5. The number of carbonyl (C=O) groups is 1. The third-order valence-electron chi connectivity index (χ3n) is 2.98. The molecule has 14 heavy (non-hydrogen) atoms. The van der Waals surface area contributed by atoms with Gasteiger partial charge < -0.3 is 15.4 Å². The molecule has 0 saturated carbocycles. The summed E-state index contributed by atoms with van der Waals surface area (Å²) < 4.78 is 5.02. The zero-order valence-electron chi connectivity index (χ0n) is 8.58. The highest BCUT2D eigenvalue weighted by molar-refractivity contribution is 5.79. The largest absolute Gasteiger partial charge is 0.377 e. The molecular weight excluding hydrogens is 180 g/mol. The second-order valence-electron chi connectivity index (χ2n) is 4.32. The first-order valence-electron chi connectivity index (χ1n) is 5.37. The summed E-state index contributed by atoms with van der Waals surface area (Å²) in [5.41, 5.74) is 0. The highest BCUT2D eigenvalue weighted by Gasteiger charge is 2.28. The predicted molar refractivity (Wildman–Crippen MR) is 52.9 cm³/mol. The molecule has 2 aliphatic heterocycles. The van der Waals surface area contributed by atoms with Gasteiger partial charge in [-0.3, -0.25) is 4.79 Å². The van der Waals surface area contributed by atoms with Gasteiger partial charge in [-0.25, -0.2) is 0 Å². The van der Waals surface area contributed by atoms with E-state index in [1.165, 1.54) is 0 Å². The van der Waals surface area contributed by atoms with Crippen LogP contribution in [0.1, 0.15) is 19.8 Å². The Bertz CT molecular complexity index is 216. The van der Waals surface area contributed by atoms with Crippen LogP contribution in [0.25, 0.3) is 0 Å². The second kappa shape index (κ2) is 4.28. The first-order valence-corrected chi connectivity index (χ1v) is 5.37. The Morgan fingerprint density at radius 2 is 2.29 bits per heavy atom. The van der Waals surface area contributed by atoms with Crippen LogP contribution in [0.2, 0.25) is 0 Å². The average Bonchev–Trinajstić information content (AvgIpc) is 2.11.